The molecule has 0 fully saturated rings. The van der Waals surface area contributed by atoms with Crippen molar-refractivity contribution >= 4 is 21.5 Å². The number of aromatic nitrogens is 1. The number of rotatable bonds is 6. The number of pyridine rings is 1. The van der Waals surface area contributed by atoms with Crippen molar-refractivity contribution in [1.29, 1.82) is 0 Å². The lowest BCUT2D eigenvalue weighted by molar-refractivity contribution is 0.600. The Balaban J connectivity index is 2.68. The minimum atomic E-state index is -3.23. The van der Waals surface area contributed by atoms with Crippen LogP contribution in [0.1, 0.15) is 27.2 Å². The lowest BCUT2D eigenvalue weighted by Gasteiger charge is -2.10. The first-order valence-electron chi connectivity index (χ1n) is 5.66. The summed E-state index contributed by atoms with van der Waals surface area (Å²) in [6.07, 6.45) is 2.10. The maximum Gasteiger partial charge on any atom is 0.232 e. The van der Waals surface area contributed by atoms with Crippen LogP contribution in [0.5, 0.6) is 0 Å². The maximum absolute atomic E-state index is 11.5. The zero-order valence-electron chi connectivity index (χ0n) is 10.4. The van der Waals surface area contributed by atoms with E-state index in [1.54, 1.807) is 12.1 Å². The Morgan fingerprint density at radius 1 is 1.35 bits per heavy atom. The Hall–Kier alpha value is -1.30. The molecule has 0 amide bonds. The van der Waals surface area contributed by atoms with E-state index >= 15 is 0 Å². The summed E-state index contributed by atoms with van der Waals surface area (Å²) in [7, 11) is -3.23. The van der Waals surface area contributed by atoms with Crippen LogP contribution in [-0.4, -0.2) is 25.2 Å². The van der Waals surface area contributed by atoms with Gasteiger partial charge in [0, 0.05) is 6.04 Å². The van der Waals surface area contributed by atoms with E-state index in [1.807, 2.05) is 20.8 Å². The lowest BCUT2D eigenvalue weighted by atomic mass is 10.3. The van der Waals surface area contributed by atoms with E-state index in [0.29, 0.717) is 18.2 Å². The smallest absolute Gasteiger partial charge is 0.232 e. The molecule has 0 aromatic carbocycles. The van der Waals surface area contributed by atoms with Gasteiger partial charge in [-0.2, -0.15) is 0 Å². The Morgan fingerprint density at radius 3 is 2.53 bits per heavy atom. The zero-order valence-corrected chi connectivity index (χ0v) is 11.2. The van der Waals surface area contributed by atoms with Crippen LogP contribution in [0.2, 0.25) is 0 Å². The normalized spacial score (nSPS) is 11.5. The second kappa shape index (κ2) is 5.86. The summed E-state index contributed by atoms with van der Waals surface area (Å²) in [5.74, 6) is 0.859. The zero-order chi connectivity index (χ0) is 12.9. The third kappa shape index (κ3) is 5.04. The van der Waals surface area contributed by atoms with Gasteiger partial charge in [-0.05, 0) is 32.4 Å². The number of nitrogens with one attached hydrogen (secondary N) is 2. The number of anilines is 2. The average molecular weight is 257 g/mol. The van der Waals surface area contributed by atoms with E-state index in [9.17, 15) is 8.42 Å². The van der Waals surface area contributed by atoms with Crippen molar-refractivity contribution in [2.45, 2.75) is 33.2 Å². The molecule has 1 heterocycles. The number of hydrogen-bond acceptors (Lipinski definition) is 4. The Kier molecular flexibility index (Phi) is 4.74. The van der Waals surface area contributed by atoms with Crippen molar-refractivity contribution in [3.63, 3.8) is 0 Å². The summed E-state index contributed by atoms with van der Waals surface area (Å²) in [6.45, 7) is 5.85. The summed E-state index contributed by atoms with van der Waals surface area (Å²) in [6, 6.07) is 3.75. The molecule has 1 aromatic heterocycles. The summed E-state index contributed by atoms with van der Waals surface area (Å²) in [5.41, 5.74) is 0.493. The maximum atomic E-state index is 11.5. The van der Waals surface area contributed by atoms with Crippen LogP contribution in [0, 0.1) is 0 Å². The topological polar surface area (TPSA) is 71.1 Å². The predicted octanol–water partition coefficient (Wildman–Crippen LogP) is 2.05. The highest BCUT2D eigenvalue weighted by Gasteiger charge is 2.08. The minimum absolute atomic E-state index is 0.124. The van der Waals surface area contributed by atoms with E-state index in [0.717, 1.165) is 5.82 Å². The summed E-state index contributed by atoms with van der Waals surface area (Å²) in [5, 5.41) is 3.13. The molecule has 0 radical (unpaired) electrons. The average Bonchev–Trinajstić information content (AvgIpc) is 2.19. The van der Waals surface area contributed by atoms with Crippen LogP contribution in [0.3, 0.4) is 0 Å². The molecule has 1 aromatic rings. The van der Waals surface area contributed by atoms with Gasteiger partial charge in [0.25, 0.3) is 0 Å². The summed E-state index contributed by atoms with van der Waals surface area (Å²) in [4.78, 5) is 4.13. The van der Waals surface area contributed by atoms with Gasteiger partial charge in [-0.3, -0.25) is 4.72 Å². The van der Waals surface area contributed by atoms with Gasteiger partial charge in [-0.25, -0.2) is 13.4 Å². The molecule has 1 rings (SSSR count). The third-order valence-electron chi connectivity index (χ3n) is 1.95. The van der Waals surface area contributed by atoms with Gasteiger partial charge in [0.05, 0.1) is 17.6 Å². The quantitative estimate of drug-likeness (QED) is 0.818. The lowest BCUT2D eigenvalue weighted by Crippen LogP contribution is -2.16. The highest BCUT2D eigenvalue weighted by atomic mass is 32.2. The second-order valence-corrected chi connectivity index (χ2v) is 5.99. The predicted molar refractivity (Wildman–Crippen MR) is 70.7 cm³/mol. The molecule has 0 unspecified atom stereocenters. The van der Waals surface area contributed by atoms with Gasteiger partial charge < -0.3 is 5.32 Å². The Morgan fingerprint density at radius 2 is 2.06 bits per heavy atom. The van der Waals surface area contributed by atoms with Gasteiger partial charge in [0.2, 0.25) is 10.0 Å². The van der Waals surface area contributed by atoms with Gasteiger partial charge >= 0.3 is 0 Å². The van der Waals surface area contributed by atoms with Crippen LogP contribution in [0.15, 0.2) is 18.3 Å². The first-order chi connectivity index (χ1) is 7.93. The fraction of sp³-hybridized carbons (Fsp3) is 0.545. The molecule has 17 heavy (non-hydrogen) atoms. The molecule has 0 bridgehead atoms. The molecule has 0 saturated carbocycles. The van der Waals surface area contributed by atoms with Crippen LogP contribution in [0.25, 0.3) is 0 Å². The van der Waals surface area contributed by atoms with Crippen molar-refractivity contribution in [1.82, 2.24) is 4.98 Å². The van der Waals surface area contributed by atoms with Crippen LogP contribution >= 0.6 is 0 Å². The van der Waals surface area contributed by atoms with Crippen LogP contribution in [-0.2, 0) is 10.0 Å². The molecular weight excluding hydrogens is 238 g/mol. The number of sulfonamides is 1. The van der Waals surface area contributed by atoms with Gasteiger partial charge in [0.15, 0.2) is 0 Å². The standard InChI is InChI=1S/C11H19N3O2S/c1-4-7-17(15,16)14-10-5-6-11(12-8-10)13-9(2)3/h5-6,8-9,14H,4,7H2,1-3H3,(H,12,13). The molecule has 2 N–H and O–H groups in total. The summed E-state index contributed by atoms with van der Waals surface area (Å²) >= 11 is 0. The van der Waals surface area contributed by atoms with Gasteiger partial charge in [-0.15, -0.1) is 0 Å². The Labute approximate surface area is 103 Å². The van der Waals surface area contributed by atoms with Gasteiger partial charge in [0.1, 0.15) is 5.82 Å². The largest absolute Gasteiger partial charge is 0.368 e. The number of hydrogen-bond donors (Lipinski definition) is 2. The highest BCUT2D eigenvalue weighted by Crippen LogP contribution is 2.12. The second-order valence-electron chi connectivity index (χ2n) is 4.15. The fourth-order valence-electron chi connectivity index (χ4n) is 1.33. The Bertz CT molecular complexity index is 440. The monoisotopic (exact) mass is 257 g/mol. The van der Waals surface area contributed by atoms with Crippen LogP contribution in [0.4, 0.5) is 11.5 Å². The van der Waals surface area contributed by atoms with Crippen molar-refractivity contribution in [3.05, 3.63) is 18.3 Å². The van der Waals surface area contributed by atoms with Crippen molar-refractivity contribution in [2.24, 2.45) is 0 Å². The van der Waals surface area contributed by atoms with Crippen molar-refractivity contribution in [3.8, 4) is 0 Å². The van der Waals surface area contributed by atoms with E-state index in [1.165, 1.54) is 6.20 Å². The minimum Gasteiger partial charge on any atom is -0.368 e. The van der Waals surface area contributed by atoms with Crippen molar-refractivity contribution in [2.75, 3.05) is 15.8 Å². The third-order valence-corrected chi connectivity index (χ3v) is 3.44. The van der Waals surface area contributed by atoms with Crippen molar-refractivity contribution < 1.29 is 8.42 Å². The SMILES string of the molecule is CCCS(=O)(=O)Nc1ccc(NC(C)C)nc1. The molecule has 0 aliphatic carbocycles. The molecule has 0 atom stereocenters. The first-order valence-corrected chi connectivity index (χ1v) is 7.31. The van der Waals surface area contributed by atoms with E-state index < -0.39 is 10.0 Å². The molecule has 6 heteroatoms. The highest BCUT2D eigenvalue weighted by molar-refractivity contribution is 7.92. The number of nitrogens with zero attached hydrogens (tertiary/aromatic N) is 1. The molecule has 5 nitrogen and oxygen atoms in total. The molecule has 0 aliphatic rings. The molecule has 0 spiro atoms. The molecular formula is C11H19N3O2S. The molecule has 0 saturated heterocycles. The van der Waals surface area contributed by atoms with Crippen LogP contribution < -0.4 is 10.0 Å². The summed E-state index contributed by atoms with van der Waals surface area (Å²) < 4.78 is 25.5. The van der Waals surface area contributed by atoms with E-state index in [2.05, 4.69) is 15.0 Å². The van der Waals surface area contributed by atoms with E-state index in [4.69, 9.17) is 0 Å². The fourth-order valence-corrected chi connectivity index (χ4v) is 2.45. The molecule has 0 aliphatic heterocycles. The van der Waals surface area contributed by atoms with Gasteiger partial charge in [-0.1, -0.05) is 6.92 Å². The molecule has 96 valence electrons. The van der Waals surface area contributed by atoms with E-state index in [-0.39, 0.29) is 5.75 Å². The first kappa shape index (κ1) is 13.8.